The van der Waals surface area contributed by atoms with Crippen LogP contribution in [0.2, 0.25) is 0 Å². The van der Waals surface area contributed by atoms with Crippen molar-refractivity contribution in [3.8, 4) is 33.4 Å². The van der Waals surface area contributed by atoms with Crippen molar-refractivity contribution in [3.05, 3.63) is 288 Å². The highest BCUT2D eigenvalue weighted by molar-refractivity contribution is 6.22. The first-order valence-electron chi connectivity index (χ1n) is 27.2. The Labute approximate surface area is 436 Å². The van der Waals surface area contributed by atoms with Crippen LogP contribution in [0.25, 0.3) is 76.5 Å². The molecule has 0 saturated heterocycles. The van der Waals surface area contributed by atoms with Gasteiger partial charge in [-0.1, -0.05) is 212 Å². The zero-order valence-corrected chi connectivity index (χ0v) is 41.9. The number of benzene rings is 8. The molecule has 0 heterocycles. The van der Waals surface area contributed by atoms with E-state index in [2.05, 4.69) is 254 Å². The second kappa shape index (κ2) is 19.0. The Morgan fingerprint density at radius 1 is 0.405 bits per heavy atom. The van der Waals surface area contributed by atoms with Crippen molar-refractivity contribution < 1.29 is 0 Å². The van der Waals surface area contributed by atoms with Crippen LogP contribution in [0.1, 0.15) is 56.4 Å². The van der Waals surface area contributed by atoms with Crippen LogP contribution in [0.5, 0.6) is 0 Å². The van der Waals surface area contributed by atoms with Crippen molar-refractivity contribution in [2.45, 2.75) is 50.9 Å². The fourth-order valence-corrected chi connectivity index (χ4v) is 13.4. The van der Waals surface area contributed by atoms with Crippen molar-refractivity contribution in [1.29, 1.82) is 0 Å². The summed E-state index contributed by atoms with van der Waals surface area (Å²) < 4.78 is 0. The van der Waals surface area contributed by atoms with Gasteiger partial charge in [0.25, 0.3) is 0 Å². The molecule has 1 nitrogen and oxygen atoms in total. The fraction of sp³-hybridized carbons (Fsp3) is 0.151. The van der Waals surface area contributed by atoms with Crippen molar-refractivity contribution >= 4 is 43.1 Å². The van der Waals surface area contributed by atoms with Gasteiger partial charge in [-0.25, -0.2) is 0 Å². The lowest BCUT2D eigenvalue weighted by Gasteiger charge is -2.44. The molecule has 1 heteroatoms. The molecular formula is C73H59N. The van der Waals surface area contributed by atoms with Crippen molar-refractivity contribution in [2.75, 3.05) is 0 Å². The molecule has 0 bridgehead atoms. The molecule has 14 rings (SSSR count). The first-order chi connectivity index (χ1) is 36.7. The van der Waals surface area contributed by atoms with Crippen molar-refractivity contribution in [1.82, 2.24) is 4.90 Å². The molecule has 6 aliphatic carbocycles. The van der Waals surface area contributed by atoms with E-state index in [0.717, 1.165) is 44.9 Å². The summed E-state index contributed by atoms with van der Waals surface area (Å²) in [7, 11) is 0. The van der Waals surface area contributed by atoms with Crippen LogP contribution in [-0.2, 0) is 0 Å². The minimum absolute atomic E-state index is 0.274. The maximum atomic E-state index is 2.58. The van der Waals surface area contributed by atoms with Crippen LogP contribution in [0.15, 0.2) is 283 Å². The van der Waals surface area contributed by atoms with Crippen LogP contribution < -0.4 is 0 Å². The van der Waals surface area contributed by atoms with E-state index in [1.807, 2.05) is 0 Å². The zero-order valence-electron chi connectivity index (χ0n) is 41.9. The highest BCUT2D eigenvalue weighted by atomic mass is 15.2. The summed E-state index contributed by atoms with van der Waals surface area (Å²) in [5.74, 6) is 1.24. The Balaban J connectivity index is 0.882. The molecule has 8 aromatic carbocycles. The molecule has 0 radical (unpaired) electrons. The number of nitrogens with zero attached hydrogens (tertiary/aromatic N) is 1. The van der Waals surface area contributed by atoms with E-state index in [4.69, 9.17) is 0 Å². The molecule has 0 aromatic heterocycles. The summed E-state index contributed by atoms with van der Waals surface area (Å²) in [6.07, 6.45) is 46.0. The predicted octanol–water partition coefficient (Wildman–Crippen LogP) is 19.6. The third-order valence-electron chi connectivity index (χ3n) is 16.8. The van der Waals surface area contributed by atoms with Crippen LogP contribution in [0.4, 0.5) is 0 Å². The van der Waals surface area contributed by atoms with Gasteiger partial charge in [-0.15, -0.1) is 0 Å². The first-order valence-corrected chi connectivity index (χ1v) is 27.2. The molecule has 0 aliphatic heterocycles. The van der Waals surface area contributed by atoms with E-state index < -0.39 is 0 Å². The topological polar surface area (TPSA) is 3.24 Å². The third-order valence-corrected chi connectivity index (χ3v) is 16.8. The summed E-state index contributed by atoms with van der Waals surface area (Å²) in [6.45, 7) is 0. The molecule has 8 aromatic rings. The largest absolute Gasteiger partial charge is 0.312 e. The Morgan fingerprint density at radius 2 is 1.04 bits per heavy atom. The second-order valence-corrected chi connectivity index (χ2v) is 21.1. The molecule has 74 heavy (non-hydrogen) atoms. The van der Waals surface area contributed by atoms with Gasteiger partial charge in [0.15, 0.2) is 0 Å². The van der Waals surface area contributed by atoms with E-state index >= 15 is 0 Å². The number of rotatable bonds is 8. The number of hydrogen-bond acceptors (Lipinski definition) is 1. The van der Waals surface area contributed by atoms with Gasteiger partial charge in [-0.2, -0.15) is 0 Å². The lowest BCUT2D eigenvalue weighted by Crippen LogP contribution is -2.32. The third kappa shape index (κ3) is 7.85. The molecule has 0 fully saturated rings. The maximum Gasteiger partial charge on any atom is 0.0418 e. The summed E-state index contributed by atoms with van der Waals surface area (Å²) in [4.78, 5) is 2.50. The van der Waals surface area contributed by atoms with Gasteiger partial charge < -0.3 is 4.90 Å². The standard InChI is InChI=1S/C73H59N/c1-4-25-59(26-5-1)74(60-27-6-2-7-28-60)61-42-39-51(40-43-61)70-62-29-8-3-9-30-64(62)71(65-32-15-14-31-63(65)70)56-24-18-23-54(47-56)55-41-44-68-69(48-55)73(58-38-36-50-20-11-13-22-53(50)46-58)67-34-17-16-33-66(67)72(68)57-37-35-49-19-10-12-21-52(49)45-57/h3-4,6,9-29,31-39,41-48,51,64-65,71H,1-2,5,7-8,30,40H2. The number of fused-ring (bicyclic) bond motifs is 6. The fourth-order valence-electron chi connectivity index (χ4n) is 13.4. The quantitative estimate of drug-likeness (QED) is 0.108. The van der Waals surface area contributed by atoms with E-state index in [1.54, 1.807) is 11.1 Å². The van der Waals surface area contributed by atoms with Gasteiger partial charge in [0.2, 0.25) is 0 Å². The maximum absolute atomic E-state index is 2.58. The molecule has 4 atom stereocenters. The molecule has 6 aliphatic rings. The molecule has 356 valence electrons. The lowest BCUT2D eigenvalue weighted by molar-refractivity contribution is 0.400. The van der Waals surface area contributed by atoms with Crippen LogP contribution in [-0.4, -0.2) is 4.90 Å². The smallest absolute Gasteiger partial charge is 0.0418 e. The van der Waals surface area contributed by atoms with Crippen LogP contribution in [0.3, 0.4) is 0 Å². The SMILES string of the molecule is C1=CC2=C(C3C=CC(N(C4=CCCC=C4)C4=CCCC=C4)=CC3)C3=CCC=CCC3C(c3cccc(-c4ccc5c(-c6ccc7ccccc7c6)c6ccccc6c(-c6ccc7ccccc7c6)c5c4)c3)C2C=C1. The van der Waals surface area contributed by atoms with Gasteiger partial charge in [-0.3, -0.25) is 0 Å². The monoisotopic (exact) mass is 949 g/mol. The van der Waals surface area contributed by atoms with Gasteiger partial charge in [0, 0.05) is 34.8 Å². The number of allylic oxidation sites excluding steroid dienone is 19. The second-order valence-electron chi connectivity index (χ2n) is 21.1. The average Bonchev–Trinajstić information content (AvgIpc) is 3.75. The highest BCUT2D eigenvalue weighted by Gasteiger charge is 2.42. The van der Waals surface area contributed by atoms with Gasteiger partial charge in [0.1, 0.15) is 0 Å². The summed E-state index contributed by atoms with van der Waals surface area (Å²) in [6, 6.07) is 57.5. The molecule has 0 saturated carbocycles. The van der Waals surface area contributed by atoms with E-state index in [0.29, 0.717) is 17.8 Å². The molecule has 0 spiro atoms. The Morgan fingerprint density at radius 3 is 1.72 bits per heavy atom. The first kappa shape index (κ1) is 44.4. The molecule has 0 N–H and O–H groups in total. The number of hydrogen-bond donors (Lipinski definition) is 0. The lowest BCUT2D eigenvalue weighted by atomic mass is 9.60. The Kier molecular flexibility index (Phi) is 11.4. The highest BCUT2D eigenvalue weighted by Crippen LogP contribution is 2.55. The van der Waals surface area contributed by atoms with Crippen molar-refractivity contribution in [2.24, 2.45) is 17.8 Å². The Bertz CT molecular complexity index is 3930. The molecule has 0 amide bonds. The molecule has 4 unspecified atom stereocenters. The zero-order chi connectivity index (χ0) is 49.0. The van der Waals surface area contributed by atoms with E-state index in [1.165, 1.54) is 105 Å². The van der Waals surface area contributed by atoms with Gasteiger partial charge >= 0.3 is 0 Å². The molecular weight excluding hydrogens is 891 g/mol. The summed E-state index contributed by atoms with van der Waals surface area (Å²) in [5, 5.41) is 10.1. The summed E-state index contributed by atoms with van der Waals surface area (Å²) in [5.41, 5.74) is 17.4. The summed E-state index contributed by atoms with van der Waals surface area (Å²) >= 11 is 0. The minimum Gasteiger partial charge on any atom is -0.312 e. The Hall–Kier alpha value is -8.26. The predicted molar refractivity (Wildman–Crippen MR) is 314 cm³/mol. The average molecular weight is 950 g/mol. The minimum atomic E-state index is 0.274. The normalized spacial score (nSPS) is 21.1. The van der Waals surface area contributed by atoms with Crippen molar-refractivity contribution in [3.63, 3.8) is 0 Å². The van der Waals surface area contributed by atoms with Crippen LogP contribution in [0, 0.1) is 17.8 Å². The van der Waals surface area contributed by atoms with Gasteiger partial charge in [0.05, 0.1) is 0 Å². The van der Waals surface area contributed by atoms with E-state index in [-0.39, 0.29) is 5.92 Å². The van der Waals surface area contributed by atoms with Crippen LogP contribution >= 0.6 is 0 Å². The van der Waals surface area contributed by atoms with Gasteiger partial charge in [-0.05, 0) is 186 Å². The van der Waals surface area contributed by atoms with E-state index in [9.17, 15) is 0 Å².